The minimum atomic E-state index is 0.590. The highest BCUT2D eigenvalue weighted by Crippen LogP contribution is 2.24. The van der Waals surface area contributed by atoms with Crippen LogP contribution in [0.5, 0.6) is 0 Å². The van der Waals surface area contributed by atoms with Crippen LogP contribution in [0.2, 0.25) is 0 Å². The standard InChI is InChI=1S/C18H22N8/c1-12-20-23-17-6-7-18(24-26(12)17)25-10-13(11-25)9-19-16-8-14-4-2-3-5-15(14)21-22-16/h6-8,13H,2-5,9-11H2,1H3,(H,19,22). The first kappa shape index (κ1) is 15.5. The molecule has 3 aromatic heterocycles. The first-order chi connectivity index (χ1) is 12.8. The average molecular weight is 350 g/mol. The predicted octanol–water partition coefficient (Wildman–Crippen LogP) is 1.65. The molecule has 26 heavy (non-hydrogen) atoms. The fourth-order valence-corrected chi connectivity index (χ4v) is 3.77. The number of hydrogen-bond donors (Lipinski definition) is 1. The quantitative estimate of drug-likeness (QED) is 0.766. The Bertz CT molecular complexity index is 944. The van der Waals surface area contributed by atoms with Gasteiger partial charge in [0.25, 0.3) is 0 Å². The van der Waals surface area contributed by atoms with Crippen LogP contribution >= 0.6 is 0 Å². The molecule has 2 aliphatic rings. The van der Waals surface area contributed by atoms with Crippen LogP contribution in [0.1, 0.15) is 29.9 Å². The van der Waals surface area contributed by atoms with Crippen LogP contribution in [0.4, 0.5) is 11.6 Å². The molecule has 3 aromatic rings. The summed E-state index contributed by atoms with van der Waals surface area (Å²) < 4.78 is 1.80. The highest BCUT2D eigenvalue weighted by Gasteiger charge is 2.28. The Morgan fingerprint density at radius 1 is 1.08 bits per heavy atom. The molecule has 0 bridgehead atoms. The van der Waals surface area contributed by atoms with Gasteiger partial charge in [0, 0.05) is 25.6 Å². The minimum Gasteiger partial charge on any atom is -0.368 e. The lowest BCUT2D eigenvalue weighted by Gasteiger charge is -2.40. The summed E-state index contributed by atoms with van der Waals surface area (Å²) in [6, 6.07) is 6.17. The number of aryl methyl sites for hydroxylation is 3. The fourth-order valence-electron chi connectivity index (χ4n) is 3.77. The Hall–Kier alpha value is -2.77. The van der Waals surface area contributed by atoms with Gasteiger partial charge in [0.1, 0.15) is 11.6 Å². The Labute approximate surface area is 151 Å². The molecule has 0 amide bonds. The molecule has 1 saturated heterocycles. The van der Waals surface area contributed by atoms with E-state index in [1.807, 2.05) is 19.1 Å². The SMILES string of the molecule is Cc1nnc2ccc(N3CC(CNc4cc5c(nn4)CCCC5)C3)nn12. The van der Waals surface area contributed by atoms with E-state index >= 15 is 0 Å². The van der Waals surface area contributed by atoms with Gasteiger partial charge < -0.3 is 10.2 Å². The maximum Gasteiger partial charge on any atom is 0.178 e. The molecule has 0 saturated carbocycles. The van der Waals surface area contributed by atoms with E-state index in [2.05, 4.69) is 41.8 Å². The molecule has 1 fully saturated rings. The van der Waals surface area contributed by atoms with E-state index in [0.29, 0.717) is 5.92 Å². The fraction of sp³-hybridized carbons (Fsp3) is 0.500. The third-order valence-electron chi connectivity index (χ3n) is 5.33. The van der Waals surface area contributed by atoms with E-state index in [-0.39, 0.29) is 0 Å². The number of aromatic nitrogens is 6. The Morgan fingerprint density at radius 3 is 2.88 bits per heavy atom. The van der Waals surface area contributed by atoms with E-state index in [4.69, 9.17) is 0 Å². The molecule has 4 heterocycles. The van der Waals surface area contributed by atoms with Crippen molar-refractivity contribution in [2.45, 2.75) is 32.6 Å². The number of rotatable bonds is 4. The molecule has 134 valence electrons. The zero-order valence-corrected chi connectivity index (χ0v) is 14.9. The molecule has 0 spiro atoms. The largest absolute Gasteiger partial charge is 0.368 e. The van der Waals surface area contributed by atoms with Crippen LogP contribution in [0.25, 0.3) is 5.65 Å². The topological polar surface area (TPSA) is 84.1 Å². The molecule has 5 rings (SSSR count). The van der Waals surface area contributed by atoms with Gasteiger partial charge in [-0.1, -0.05) is 0 Å². The molecule has 8 nitrogen and oxygen atoms in total. The van der Waals surface area contributed by atoms with Gasteiger partial charge in [-0.15, -0.1) is 20.4 Å². The summed E-state index contributed by atoms with van der Waals surface area (Å²) in [7, 11) is 0. The van der Waals surface area contributed by atoms with Crippen molar-refractivity contribution in [2.75, 3.05) is 29.9 Å². The van der Waals surface area contributed by atoms with Crippen molar-refractivity contribution < 1.29 is 0 Å². The second kappa shape index (κ2) is 6.19. The Kier molecular flexibility index (Phi) is 3.69. The summed E-state index contributed by atoms with van der Waals surface area (Å²) in [4.78, 5) is 2.28. The normalized spacial score (nSPS) is 17.2. The highest BCUT2D eigenvalue weighted by molar-refractivity contribution is 5.48. The summed E-state index contributed by atoms with van der Waals surface area (Å²) in [5, 5.41) is 24.9. The average Bonchev–Trinajstić information content (AvgIpc) is 3.01. The maximum atomic E-state index is 4.63. The van der Waals surface area contributed by atoms with E-state index in [0.717, 1.165) is 55.6 Å². The molecule has 0 aromatic carbocycles. The predicted molar refractivity (Wildman–Crippen MR) is 98.4 cm³/mol. The second-order valence-corrected chi connectivity index (χ2v) is 7.27. The van der Waals surface area contributed by atoms with Gasteiger partial charge in [-0.25, -0.2) is 0 Å². The highest BCUT2D eigenvalue weighted by atomic mass is 15.4. The van der Waals surface area contributed by atoms with Crippen LogP contribution in [-0.4, -0.2) is 49.6 Å². The zero-order chi connectivity index (χ0) is 17.5. The number of nitrogens with one attached hydrogen (secondary N) is 1. The van der Waals surface area contributed by atoms with Crippen molar-refractivity contribution in [1.82, 2.24) is 30.0 Å². The van der Waals surface area contributed by atoms with Crippen molar-refractivity contribution >= 4 is 17.3 Å². The van der Waals surface area contributed by atoms with Gasteiger partial charge in [-0.3, -0.25) is 0 Å². The minimum absolute atomic E-state index is 0.590. The number of fused-ring (bicyclic) bond motifs is 2. The van der Waals surface area contributed by atoms with Gasteiger partial charge in [0.2, 0.25) is 0 Å². The lowest BCUT2D eigenvalue weighted by atomic mass is 9.96. The molecule has 8 heteroatoms. The van der Waals surface area contributed by atoms with Gasteiger partial charge in [-0.05, 0) is 56.4 Å². The third kappa shape index (κ3) is 2.75. The number of nitrogens with zero attached hydrogens (tertiary/aromatic N) is 7. The van der Waals surface area contributed by atoms with E-state index in [9.17, 15) is 0 Å². The summed E-state index contributed by atoms with van der Waals surface area (Å²) >= 11 is 0. The lowest BCUT2D eigenvalue weighted by Crippen LogP contribution is -2.50. The van der Waals surface area contributed by atoms with Crippen molar-refractivity contribution in [2.24, 2.45) is 5.92 Å². The first-order valence-corrected chi connectivity index (χ1v) is 9.29. The summed E-state index contributed by atoms with van der Waals surface area (Å²) in [5.41, 5.74) is 3.34. The van der Waals surface area contributed by atoms with Gasteiger partial charge >= 0.3 is 0 Å². The molecule has 1 N–H and O–H groups in total. The van der Waals surface area contributed by atoms with Crippen molar-refractivity contribution in [1.29, 1.82) is 0 Å². The van der Waals surface area contributed by atoms with Gasteiger partial charge in [0.15, 0.2) is 11.5 Å². The summed E-state index contributed by atoms with van der Waals surface area (Å²) in [5.74, 6) is 3.29. The number of hydrogen-bond acceptors (Lipinski definition) is 7. The molecule has 0 atom stereocenters. The smallest absolute Gasteiger partial charge is 0.178 e. The molecule has 1 aliphatic carbocycles. The molecule has 0 unspecified atom stereocenters. The maximum absolute atomic E-state index is 4.63. The second-order valence-electron chi connectivity index (χ2n) is 7.27. The monoisotopic (exact) mass is 350 g/mol. The molecule has 1 aliphatic heterocycles. The van der Waals surface area contributed by atoms with Crippen molar-refractivity contribution in [3.05, 3.63) is 35.3 Å². The van der Waals surface area contributed by atoms with Crippen molar-refractivity contribution in [3.8, 4) is 0 Å². The van der Waals surface area contributed by atoms with Gasteiger partial charge in [-0.2, -0.15) is 9.61 Å². The van der Waals surface area contributed by atoms with E-state index in [1.165, 1.54) is 24.1 Å². The van der Waals surface area contributed by atoms with E-state index < -0.39 is 0 Å². The van der Waals surface area contributed by atoms with Crippen LogP contribution in [-0.2, 0) is 12.8 Å². The Morgan fingerprint density at radius 2 is 1.96 bits per heavy atom. The van der Waals surface area contributed by atoms with Crippen LogP contribution in [0.3, 0.4) is 0 Å². The van der Waals surface area contributed by atoms with Gasteiger partial charge in [0.05, 0.1) is 5.69 Å². The summed E-state index contributed by atoms with van der Waals surface area (Å²) in [6.45, 7) is 4.81. The lowest BCUT2D eigenvalue weighted by molar-refractivity contribution is 0.424. The molecule has 0 radical (unpaired) electrons. The Balaban J connectivity index is 1.18. The van der Waals surface area contributed by atoms with Crippen molar-refractivity contribution in [3.63, 3.8) is 0 Å². The molecular formula is C18H22N8. The number of anilines is 2. The summed E-state index contributed by atoms with van der Waals surface area (Å²) in [6.07, 6.45) is 4.71. The first-order valence-electron chi connectivity index (χ1n) is 9.29. The van der Waals surface area contributed by atoms with Crippen LogP contribution in [0.15, 0.2) is 18.2 Å². The third-order valence-corrected chi connectivity index (χ3v) is 5.33. The van der Waals surface area contributed by atoms with Crippen LogP contribution in [0, 0.1) is 12.8 Å². The van der Waals surface area contributed by atoms with Crippen LogP contribution < -0.4 is 10.2 Å². The van der Waals surface area contributed by atoms with E-state index in [1.54, 1.807) is 4.52 Å². The molecular weight excluding hydrogens is 328 g/mol. The zero-order valence-electron chi connectivity index (χ0n) is 14.9.